The number of aliphatic hydroxyl groups excluding tert-OH is 2. The van der Waals surface area contributed by atoms with E-state index in [9.17, 15) is 39.9 Å². The van der Waals surface area contributed by atoms with Crippen molar-refractivity contribution in [2.45, 2.75) is 89.1 Å². The van der Waals surface area contributed by atoms with Gasteiger partial charge in [-0.05, 0) is 25.8 Å². The smallest absolute Gasteiger partial charge is 0.202 e. The van der Waals surface area contributed by atoms with E-state index in [1.807, 2.05) is 0 Å². The maximum atomic E-state index is 13.9. The first kappa shape index (κ1) is 34.5. The number of aliphatic imine (C=N–C) groups is 1. The lowest BCUT2D eigenvalue weighted by Crippen LogP contribution is -2.50. The Morgan fingerprint density at radius 2 is 1.79 bits per heavy atom. The van der Waals surface area contributed by atoms with Crippen molar-refractivity contribution < 1.29 is 54.1 Å². The number of ether oxygens (including phenoxy) is 3. The van der Waals surface area contributed by atoms with Crippen molar-refractivity contribution in [3.63, 3.8) is 0 Å². The molecule has 0 bridgehead atoms. The van der Waals surface area contributed by atoms with Crippen molar-refractivity contribution in [2.24, 2.45) is 4.99 Å². The highest BCUT2D eigenvalue weighted by Gasteiger charge is 2.50. The Balaban J connectivity index is 1.57. The normalized spacial score (nSPS) is 26.9. The fourth-order valence-corrected chi connectivity index (χ4v) is 6.82. The molecule has 0 spiro atoms. The number of carbonyl (C=O) groups is 3. The Labute approximate surface area is 272 Å². The number of nitrogens with zero attached hydrogens (tertiary/aromatic N) is 2. The Kier molecular flexibility index (Phi) is 10.0. The SMILES string of the molecule is CCCN(C=NC1CC(O[C@H]2CC(O)(C(=O)CO)Cc3c(O)c4c(c(O)c32)C(=O)c2c(OC)cccc2C4=O)OC(C)C1O)CCC. The highest BCUT2D eigenvalue weighted by atomic mass is 16.7. The summed E-state index contributed by atoms with van der Waals surface area (Å²) in [5.74, 6) is -3.74. The summed E-state index contributed by atoms with van der Waals surface area (Å²) < 4.78 is 17.6. The van der Waals surface area contributed by atoms with E-state index in [0.29, 0.717) is 0 Å². The molecule has 2 aromatic rings. The van der Waals surface area contributed by atoms with Crippen molar-refractivity contribution in [3.8, 4) is 17.2 Å². The summed E-state index contributed by atoms with van der Waals surface area (Å²) in [6.45, 7) is 6.31. The van der Waals surface area contributed by atoms with E-state index < -0.39 is 95.7 Å². The molecule has 47 heavy (non-hydrogen) atoms. The van der Waals surface area contributed by atoms with Crippen LogP contribution in [0.3, 0.4) is 0 Å². The first-order valence-corrected chi connectivity index (χ1v) is 15.9. The lowest BCUT2D eigenvalue weighted by Gasteiger charge is -2.42. The molecular weight excluding hydrogens is 612 g/mol. The number of rotatable bonds is 11. The number of phenols is 2. The molecule has 13 heteroatoms. The van der Waals surface area contributed by atoms with Gasteiger partial charge in [0, 0.05) is 49.0 Å². The molecule has 1 fully saturated rings. The number of carbonyl (C=O) groups excluding carboxylic acids is 3. The number of aromatic hydroxyl groups is 2. The maximum absolute atomic E-state index is 13.9. The summed E-state index contributed by atoms with van der Waals surface area (Å²) in [6.07, 6.45) is -1.59. The number of fused-ring (bicyclic) bond motifs is 3. The van der Waals surface area contributed by atoms with E-state index in [4.69, 9.17) is 14.2 Å². The van der Waals surface area contributed by atoms with Gasteiger partial charge in [-0.15, -0.1) is 0 Å². The third kappa shape index (κ3) is 6.14. The van der Waals surface area contributed by atoms with E-state index >= 15 is 0 Å². The molecule has 1 aliphatic heterocycles. The van der Waals surface area contributed by atoms with Crippen LogP contribution in [0.25, 0.3) is 0 Å². The number of Topliss-reactive ketones (excluding diaryl/α,β-unsaturated/α-hetero) is 1. The van der Waals surface area contributed by atoms with E-state index in [1.165, 1.54) is 25.3 Å². The van der Waals surface area contributed by atoms with Crippen molar-refractivity contribution in [3.05, 3.63) is 51.6 Å². The van der Waals surface area contributed by atoms with Crippen LogP contribution >= 0.6 is 0 Å². The minimum absolute atomic E-state index is 0.0482. The van der Waals surface area contributed by atoms with E-state index in [1.54, 1.807) is 13.3 Å². The number of aliphatic hydroxyl groups is 3. The molecule has 2 aliphatic carbocycles. The quantitative estimate of drug-likeness (QED) is 0.115. The molecule has 254 valence electrons. The number of hydrogen-bond acceptors (Lipinski definition) is 12. The second-order valence-corrected chi connectivity index (χ2v) is 12.4. The number of phenolic OH excluding ortho intramolecular Hbond substituents is 2. The van der Waals surface area contributed by atoms with Gasteiger partial charge in [0.2, 0.25) is 5.78 Å². The first-order chi connectivity index (χ1) is 22.4. The topological polar surface area (TPSA) is 196 Å². The van der Waals surface area contributed by atoms with Crippen molar-refractivity contribution >= 4 is 23.7 Å². The molecule has 5 rings (SSSR count). The molecular formula is C34H42N2O11. The molecule has 6 atom stereocenters. The predicted molar refractivity (Wildman–Crippen MR) is 168 cm³/mol. The van der Waals surface area contributed by atoms with Crippen molar-refractivity contribution in [1.29, 1.82) is 0 Å². The van der Waals surface area contributed by atoms with Crippen molar-refractivity contribution in [1.82, 2.24) is 4.90 Å². The number of hydrogen-bond donors (Lipinski definition) is 5. The second-order valence-electron chi connectivity index (χ2n) is 12.4. The van der Waals surface area contributed by atoms with Gasteiger partial charge in [-0.1, -0.05) is 26.0 Å². The van der Waals surface area contributed by atoms with Gasteiger partial charge in [0.05, 0.1) is 48.4 Å². The van der Waals surface area contributed by atoms with Crippen LogP contribution in [0.15, 0.2) is 23.2 Å². The summed E-state index contributed by atoms with van der Waals surface area (Å²) in [7, 11) is 1.33. The van der Waals surface area contributed by atoms with Crippen LogP contribution in [0, 0.1) is 0 Å². The Morgan fingerprint density at radius 3 is 2.43 bits per heavy atom. The average Bonchev–Trinajstić information content (AvgIpc) is 3.05. The fraction of sp³-hybridized carbons (Fsp3) is 0.529. The van der Waals surface area contributed by atoms with Crippen LogP contribution in [0.4, 0.5) is 0 Å². The average molecular weight is 655 g/mol. The number of methoxy groups -OCH3 is 1. The first-order valence-electron chi connectivity index (χ1n) is 15.9. The third-order valence-electron chi connectivity index (χ3n) is 9.17. The van der Waals surface area contributed by atoms with Crippen LogP contribution in [-0.4, -0.2) is 111 Å². The van der Waals surface area contributed by atoms with E-state index in [2.05, 4.69) is 23.7 Å². The molecule has 0 aromatic heterocycles. The molecule has 2 aromatic carbocycles. The van der Waals surface area contributed by atoms with E-state index in [0.717, 1.165) is 25.9 Å². The molecule has 0 saturated carbocycles. The summed E-state index contributed by atoms with van der Waals surface area (Å²) in [4.78, 5) is 47.1. The molecule has 5 unspecified atom stereocenters. The zero-order valence-corrected chi connectivity index (χ0v) is 26.9. The highest BCUT2D eigenvalue weighted by Crippen LogP contribution is 2.52. The van der Waals surface area contributed by atoms with Crippen LogP contribution in [0.1, 0.15) is 95.5 Å². The summed E-state index contributed by atoms with van der Waals surface area (Å²) in [5.41, 5.74) is -3.60. The van der Waals surface area contributed by atoms with Gasteiger partial charge in [0.1, 0.15) is 35.6 Å². The van der Waals surface area contributed by atoms with Crippen LogP contribution < -0.4 is 4.74 Å². The largest absolute Gasteiger partial charge is 0.507 e. The Hall–Kier alpha value is -3.88. The summed E-state index contributed by atoms with van der Waals surface area (Å²) >= 11 is 0. The molecule has 13 nitrogen and oxygen atoms in total. The highest BCUT2D eigenvalue weighted by molar-refractivity contribution is 6.31. The predicted octanol–water partition coefficient (Wildman–Crippen LogP) is 2.19. The Bertz CT molecular complexity index is 1580. The Morgan fingerprint density at radius 1 is 1.11 bits per heavy atom. The summed E-state index contributed by atoms with van der Waals surface area (Å²) in [5, 5.41) is 55.3. The summed E-state index contributed by atoms with van der Waals surface area (Å²) in [6, 6.07) is 3.76. The molecule has 1 heterocycles. The van der Waals surface area contributed by atoms with E-state index in [-0.39, 0.29) is 34.4 Å². The van der Waals surface area contributed by atoms with Gasteiger partial charge in [0.15, 0.2) is 17.9 Å². The zero-order valence-electron chi connectivity index (χ0n) is 26.9. The minimum Gasteiger partial charge on any atom is -0.507 e. The van der Waals surface area contributed by atoms with Gasteiger partial charge in [-0.25, -0.2) is 0 Å². The molecule has 0 amide bonds. The molecule has 5 N–H and O–H groups in total. The van der Waals surface area contributed by atoms with Crippen LogP contribution in [-0.2, 0) is 20.7 Å². The molecule has 1 saturated heterocycles. The second kappa shape index (κ2) is 13.7. The van der Waals surface area contributed by atoms with Crippen molar-refractivity contribution in [2.75, 3.05) is 26.8 Å². The van der Waals surface area contributed by atoms with Gasteiger partial charge in [-0.3, -0.25) is 19.4 Å². The standard InChI is InChI=1S/C34H42N2O11/c1-5-10-36(11-6-2)16-35-20-12-24(46-17(3)29(20)39)47-22-14-34(44,23(38)15-37)13-19-26(22)33(43)28-27(31(19)41)30(40)18-8-7-9-21(45-4)25(18)32(28)42/h7-9,16-17,20,22,24,29,37,39,41,43-44H,5-6,10-15H2,1-4H3/t17?,20?,22-,24?,29?,34?/m0/s1. The third-order valence-corrected chi connectivity index (χ3v) is 9.17. The minimum atomic E-state index is -2.26. The lowest BCUT2D eigenvalue weighted by atomic mass is 9.72. The van der Waals surface area contributed by atoms with Gasteiger partial charge >= 0.3 is 0 Å². The van der Waals surface area contributed by atoms with Crippen LogP contribution in [0.2, 0.25) is 0 Å². The zero-order chi connectivity index (χ0) is 34.2. The van der Waals surface area contributed by atoms with Crippen LogP contribution in [0.5, 0.6) is 17.2 Å². The van der Waals surface area contributed by atoms with Gasteiger partial charge in [-0.2, -0.15) is 0 Å². The molecule has 3 aliphatic rings. The van der Waals surface area contributed by atoms with Gasteiger partial charge in [0.25, 0.3) is 0 Å². The maximum Gasteiger partial charge on any atom is 0.202 e. The molecule has 0 radical (unpaired) electrons. The number of benzene rings is 2. The van der Waals surface area contributed by atoms with Gasteiger partial charge < -0.3 is 44.6 Å². The lowest BCUT2D eigenvalue weighted by molar-refractivity contribution is -0.247. The fourth-order valence-electron chi connectivity index (χ4n) is 6.82. The number of ketones is 3. The monoisotopic (exact) mass is 654 g/mol.